The Morgan fingerprint density at radius 2 is 1.79 bits per heavy atom. The van der Waals surface area contributed by atoms with Crippen LogP contribution in [-0.2, 0) is 0 Å². The third-order valence-corrected chi connectivity index (χ3v) is 4.82. The van der Waals surface area contributed by atoms with E-state index in [-0.39, 0.29) is 6.04 Å². The first-order valence-corrected chi connectivity index (χ1v) is 9.70. The number of benzene rings is 2. The molecule has 1 atom stereocenters. The first-order valence-electron chi connectivity index (χ1n) is 9.32. The number of aryl methyl sites for hydroxylation is 1. The minimum atomic E-state index is -0.0194. The van der Waals surface area contributed by atoms with E-state index in [1.165, 1.54) is 0 Å². The van der Waals surface area contributed by atoms with Crippen LogP contribution in [0.4, 0.5) is 11.4 Å². The van der Waals surface area contributed by atoms with Crippen molar-refractivity contribution >= 4 is 34.0 Å². The fourth-order valence-corrected chi connectivity index (χ4v) is 3.21. The number of halogens is 1. The molecule has 0 aliphatic rings. The van der Waals surface area contributed by atoms with E-state index in [2.05, 4.69) is 15.3 Å². The number of aromatic nitrogens is 2. The van der Waals surface area contributed by atoms with Gasteiger partial charge in [-0.1, -0.05) is 23.7 Å². The maximum atomic E-state index is 6.25. The lowest BCUT2D eigenvalue weighted by Gasteiger charge is -2.15. The van der Waals surface area contributed by atoms with Crippen LogP contribution in [0.25, 0.3) is 11.0 Å². The average Bonchev–Trinajstić information content (AvgIpc) is 2.70. The molecule has 3 N–H and O–H groups in total. The van der Waals surface area contributed by atoms with Crippen molar-refractivity contribution in [2.45, 2.75) is 19.9 Å². The van der Waals surface area contributed by atoms with Gasteiger partial charge in [0.1, 0.15) is 5.75 Å². The number of anilines is 2. The number of nitrogens with one attached hydrogen (secondary N) is 1. The quantitative estimate of drug-likeness (QED) is 0.417. The van der Waals surface area contributed by atoms with Crippen molar-refractivity contribution in [3.8, 4) is 11.5 Å². The van der Waals surface area contributed by atoms with Crippen LogP contribution in [-0.4, -0.2) is 9.97 Å². The van der Waals surface area contributed by atoms with Gasteiger partial charge in [-0.05, 0) is 67.9 Å². The number of nitrogens with zero attached hydrogens (tertiary/aromatic N) is 2. The van der Waals surface area contributed by atoms with E-state index in [9.17, 15) is 0 Å². The minimum Gasteiger partial charge on any atom is -0.455 e. The molecule has 1 unspecified atom stereocenters. The maximum Gasteiger partial charge on any atom is 0.161 e. The molecule has 4 aromatic rings. The Bertz CT molecular complexity index is 1160. The van der Waals surface area contributed by atoms with Crippen molar-refractivity contribution in [1.82, 2.24) is 9.97 Å². The van der Waals surface area contributed by atoms with Gasteiger partial charge in [0, 0.05) is 28.3 Å². The van der Waals surface area contributed by atoms with E-state index in [1.54, 1.807) is 12.3 Å². The molecule has 0 aliphatic heterocycles. The number of ether oxygens (including phenoxy) is 1. The lowest BCUT2D eigenvalue weighted by atomic mass is 10.1. The zero-order chi connectivity index (χ0) is 20.4. The van der Waals surface area contributed by atoms with E-state index >= 15 is 0 Å². The van der Waals surface area contributed by atoms with Gasteiger partial charge in [0.05, 0.1) is 11.4 Å². The molecular weight excluding hydrogens is 384 g/mol. The summed E-state index contributed by atoms with van der Waals surface area (Å²) in [5.74, 6) is 1.38. The summed E-state index contributed by atoms with van der Waals surface area (Å²) < 4.78 is 6.11. The molecule has 0 spiro atoms. The zero-order valence-electron chi connectivity index (χ0n) is 16.2. The van der Waals surface area contributed by atoms with Crippen molar-refractivity contribution in [1.29, 1.82) is 0 Å². The highest BCUT2D eigenvalue weighted by atomic mass is 35.5. The number of fused-ring (bicyclic) bond motifs is 1. The molecule has 0 fully saturated rings. The van der Waals surface area contributed by atoms with Crippen molar-refractivity contribution in [2.75, 3.05) is 5.32 Å². The van der Waals surface area contributed by atoms with Gasteiger partial charge in [0.2, 0.25) is 0 Å². The van der Waals surface area contributed by atoms with Crippen molar-refractivity contribution in [3.05, 3.63) is 83.1 Å². The highest BCUT2D eigenvalue weighted by Gasteiger charge is 2.10. The fraction of sp³-hybridized carbons (Fsp3) is 0.130. The van der Waals surface area contributed by atoms with Gasteiger partial charge >= 0.3 is 0 Å². The Hall–Kier alpha value is -3.15. The second kappa shape index (κ2) is 8.07. The molecule has 29 heavy (non-hydrogen) atoms. The van der Waals surface area contributed by atoms with Crippen LogP contribution in [0.5, 0.6) is 11.5 Å². The molecule has 0 aliphatic carbocycles. The smallest absolute Gasteiger partial charge is 0.161 e. The largest absolute Gasteiger partial charge is 0.455 e. The third-order valence-electron chi connectivity index (χ3n) is 4.59. The molecule has 2 heterocycles. The summed E-state index contributed by atoms with van der Waals surface area (Å²) in [7, 11) is 0. The Balaban J connectivity index is 1.67. The molecule has 146 valence electrons. The highest BCUT2D eigenvalue weighted by molar-refractivity contribution is 6.31. The molecule has 0 radical (unpaired) electrons. The summed E-state index contributed by atoms with van der Waals surface area (Å²) in [6.07, 6.45) is 1.73. The number of hydrogen-bond donors (Lipinski definition) is 2. The van der Waals surface area contributed by atoms with Crippen LogP contribution in [0.3, 0.4) is 0 Å². The zero-order valence-corrected chi connectivity index (χ0v) is 16.9. The van der Waals surface area contributed by atoms with Crippen LogP contribution >= 0.6 is 11.6 Å². The van der Waals surface area contributed by atoms with Gasteiger partial charge in [0.15, 0.2) is 11.4 Å². The first-order chi connectivity index (χ1) is 14.0. The van der Waals surface area contributed by atoms with E-state index < -0.39 is 0 Å². The molecule has 0 amide bonds. The van der Waals surface area contributed by atoms with Crippen LogP contribution in [0, 0.1) is 6.92 Å². The lowest BCUT2D eigenvalue weighted by Crippen LogP contribution is -2.04. The Morgan fingerprint density at radius 3 is 2.55 bits per heavy atom. The van der Waals surface area contributed by atoms with Crippen LogP contribution in [0.15, 0.2) is 66.9 Å². The Kier molecular flexibility index (Phi) is 5.34. The van der Waals surface area contributed by atoms with E-state index in [1.807, 2.05) is 68.4 Å². The fourth-order valence-electron chi connectivity index (χ4n) is 3.03. The molecule has 0 bridgehead atoms. The SMILES string of the molecule is Cc1ccc2c(Nc3cc(Cl)ccc3Oc3ccc(C(C)N)cc3)ccnc2n1. The van der Waals surface area contributed by atoms with Crippen molar-refractivity contribution in [2.24, 2.45) is 5.73 Å². The summed E-state index contributed by atoms with van der Waals surface area (Å²) in [6.45, 7) is 3.90. The van der Waals surface area contributed by atoms with Crippen LogP contribution in [0.2, 0.25) is 5.02 Å². The van der Waals surface area contributed by atoms with Gasteiger partial charge in [-0.3, -0.25) is 0 Å². The minimum absolute atomic E-state index is 0.0194. The number of pyridine rings is 2. The molecule has 4 rings (SSSR count). The predicted molar refractivity (Wildman–Crippen MR) is 118 cm³/mol. The lowest BCUT2D eigenvalue weighted by molar-refractivity contribution is 0.484. The molecular formula is C23H21ClN4O. The summed E-state index contributed by atoms with van der Waals surface area (Å²) in [5.41, 5.74) is 10.2. The van der Waals surface area contributed by atoms with E-state index in [0.717, 1.165) is 33.8 Å². The number of rotatable bonds is 5. The molecule has 6 heteroatoms. The molecule has 0 saturated carbocycles. The van der Waals surface area contributed by atoms with Gasteiger partial charge < -0.3 is 15.8 Å². The standard InChI is InChI=1S/C23H21ClN4O/c1-14-3-9-19-20(11-12-26-23(19)27-14)28-21-13-17(24)6-10-22(21)29-18-7-4-16(5-8-18)15(2)25/h3-13,15H,25H2,1-2H3,(H,26,27,28). The summed E-state index contributed by atoms with van der Waals surface area (Å²) in [4.78, 5) is 8.85. The van der Waals surface area contributed by atoms with Crippen molar-refractivity contribution < 1.29 is 4.74 Å². The summed E-state index contributed by atoms with van der Waals surface area (Å²) >= 11 is 6.25. The van der Waals surface area contributed by atoms with Gasteiger partial charge in [0.25, 0.3) is 0 Å². The molecule has 2 aromatic carbocycles. The van der Waals surface area contributed by atoms with E-state index in [0.29, 0.717) is 16.4 Å². The third kappa shape index (κ3) is 4.31. The van der Waals surface area contributed by atoms with Crippen molar-refractivity contribution in [3.63, 3.8) is 0 Å². The molecule has 2 aromatic heterocycles. The first kappa shape index (κ1) is 19.2. The number of nitrogens with two attached hydrogens (primary N) is 1. The van der Waals surface area contributed by atoms with E-state index in [4.69, 9.17) is 22.1 Å². The Morgan fingerprint density at radius 1 is 1.00 bits per heavy atom. The molecule has 0 saturated heterocycles. The van der Waals surface area contributed by atoms with Crippen LogP contribution in [0.1, 0.15) is 24.2 Å². The maximum absolute atomic E-state index is 6.25. The predicted octanol–water partition coefficient (Wildman–Crippen LogP) is 6.15. The average molecular weight is 405 g/mol. The monoisotopic (exact) mass is 404 g/mol. The normalized spacial score (nSPS) is 12.0. The second-order valence-corrected chi connectivity index (χ2v) is 7.34. The Labute approximate surface area is 174 Å². The topological polar surface area (TPSA) is 73.1 Å². The van der Waals surface area contributed by atoms with Gasteiger partial charge in [-0.25, -0.2) is 9.97 Å². The second-order valence-electron chi connectivity index (χ2n) is 6.91. The summed E-state index contributed by atoms with van der Waals surface area (Å²) in [5, 5.41) is 4.95. The molecule has 5 nitrogen and oxygen atoms in total. The van der Waals surface area contributed by atoms with Gasteiger partial charge in [-0.2, -0.15) is 0 Å². The highest BCUT2D eigenvalue weighted by Crippen LogP contribution is 2.35. The van der Waals surface area contributed by atoms with Crippen LogP contribution < -0.4 is 15.8 Å². The van der Waals surface area contributed by atoms with Gasteiger partial charge in [-0.15, -0.1) is 0 Å². The summed E-state index contributed by atoms with van der Waals surface area (Å²) in [6, 6.07) is 19.1. The number of hydrogen-bond acceptors (Lipinski definition) is 5.